The van der Waals surface area contributed by atoms with E-state index in [-0.39, 0.29) is 5.41 Å². The Hall–Kier alpha value is -0.740. The number of nitrogens with one attached hydrogen (secondary N) is 1. The number of hydrogen-bond donors (Lipinski definition) is 1. The van der Waals surface area contributed by atoms with Crippen LogP contribution in [0.4, 0.5) is 0 Å². The zero-order chi connectivity index (χ0) is 13.6. The Bertz CT molecular complexity index is 513. The van der Waals surface area contributed by atoms with Crippen molar-refractivity contribution < 1.29 is 9.47 Å². The van der Waals surface area contributed by atoms with Crippen LogP contribution in [-0.4, -0.2) is 20.3 Å². The number of hydrogen-bond acceptors (Lipinski definition) is 3. The monoisotopic (exact) mass is 325 g/mol. The van der Waals surface area contributed by atoms with E-state index >= 15 is 0 Å². The summed E-state index contributed by atoms with van der Waals surface area (Å²) in [5, 5.41) is 3.42. The standard InChI is InChI=1S/C15H20BrNO2/c1-15(2)8-10(17-3)12-13(15)9(16)7-11-14(12)19-6-4-5-18-11/h7,10,17H,4-6,8H2,1-3H3. The molecular formula is C15H20BrNO2. The van der Waals surface area contributed by atoms with Crippen molar-refractivity contribution in [2.24, 2.45) is 0 Å². The molecule has 0 spiro atoms. The molecule has 1 aliphatic carbocycles. The van der Waals surface area contributed by atoms with Crippen molar-refractivity contribution in [1.82, 2.24) is 5.32 Å². The number of benzene rings is 1. The molecule has 104 valence electrons. The summed E-state index contributed by atoms with van der Waals surface area (Å²) in [6.45, 7) is 6.04. The van der Waals surface area contributed by atoms with Gasteiger partial charge in [-0.15, -0.1) is 0 Å². The summed E-state index contributed by atoms with van der Waals surface area (Å²) < 4.78 is 13.0. The molecule has 1 atom stereocenters. The first-order valence-electron chi connectivity index (χ1n) is 6.84. The molecule has 3 nitrogen and oxygen atoms in total. The van der Waals surface area contributed by atoms with Crippen LogP contribution in [0.15, 0.2) is 10.5 Å². The Balaban J connectivity index is 2.24. The number of ether oxygens (including phenoxy) is 2. The predicted molar refractivity (Wildman–Crippen MR) is 79.2 cm³/mol. The van der Waals surface area contributed by atoms with Crippen molar-refractivity contribution >= 4 is 15.9 Å². The first kappa shape index (κ1) is 13.3. The van der Waals surface area contributed by atoms with Crippen LogP contribution in [0.25, 0.3) is 0 Å². The van der Waals surface area contributed by atoms with E-state index < -0.39 is 0 Å². The summed E-state index contributed by atoms with van der Waals surface area (Å²) in [4.78, 5) is 0. The molecule has 0 radical (unpaired) electrons. The molecule has 1 heterocycles. The summed E-state index contributed by atoms with van der Waals surface area (Å²) >= 11 is 3.72. The second-order valence-corrected chi connectivity index (χ2v) is 6.81. The molecule has 0 fully saturated rings. The molecule has 0 aromatic heterocycles. The molecule has 0 saturated carbocycles. The Morgan fingerprint density at radius 2 is 2.05 bits per heavy atom. The van der Waals surface area contributed by atoms with Crippen LogP contribution in [0, 0.1) is 0 Å². The summed E-state index contributed by atoms with van der Waals surface area (Å²) in [5.74, 6) is 1.82. The lowest BCUT2D eigenvalue weighted by Crippen LogP contribution is -2.17. The molecule has 19 heavy (non-hydrogen) atoms. The average Bonchev–Trinajstić information content (AvgIpc) is 2.52. The van der Waals surface area contributed by atoms with Crippen LogP contribution < -0.4 is 14.8 Å². The fourth-order valence-corrected chi connectivity index (χ4v) is 4.24. The van der Waals surface area contributed by atoms with Gasteiger partial charge in [0.05, 0.1) is 13.2 Å². The second kappa shape index (κ2) is 4.67. The fourth-order valence-electron chi connectivity index (χ4n) is 3.28. The molecule has 0 amide bonds. The number of halogens is 1. The van der Waals surface area contributed by atoms with E-state index in [9.17, 15) is 0 Å². The topological polar surface area (TPSA) is 30.5 Å². The molecule has 0 bridgehead atoms. The highest BCUT2D eigenvalue weighted by atomic mass is 79.9. The van der Waals surface area contributed by atoms with Crippen molar-refractivity contribution in [2.45, 2.75) is 38.1 Å². The lowest BCUT2D eigenvalue weighted by molar-refractivity contribution is 0.295. The normalized spacial score (nSPS) is 23.9. The van der Waals surface area contributed by atoms with Crippen LogP contribution in [0.5, 0.6) is 11.5 Å². The fraction of sp³-hybridized carbons (Fsp3) is 0.600. The first-order chi connectivity index (χ1) is 9.04. The van der Waals surface area contributed by atoms with Crippen LogP contribution >= 0.6 is 15.9 Å². The minimum absolute atomic E-state index is 0.145. The quantitative estimate of drug-likeness (QED) is 0.856. The summed E-state index contributed by atoms with van der Waals surface area (Å²) in [5.41, 5.74) is 2.78. The van der Waals surface area contributed by atoms with Crippen molar-refractivity contribution in [3.8, 4) is 11.5 Å². The van der Waals surface area contributed by atoms with Gasteiger partial charge < -0.3 is 14.8 Å². The van der Waals surface area contributed by atoms with Gasteiger partial charge in [-0.05, 0) is 30.5 Å². The highest BCUT2D eigenvalue weighted by molar-refractivity contribution is 9.10. The molecule has 1 aliphatic heterocycles. The Morgan fingerprint density at radius 3 is 2.79 bits per heavy atom. The Morgan fingerprint density at radius 1 is 1.32 bits per heavy atom. The Kier molecular flexibility index (Phi) is 3.26. The maximum Gasteiger partial charge on any atom is 0.166 e. The lowest BCUT2D eigenvalue weighted by Gasteiger charge is -2.21. The van der Waals surface area contributed by atoms with Gasteiger partial charge in [-0.2, -0.15) is 0 Å². The largest absolute Gasteiger partial charge is 0.490 e. The molecule has 0 saturated heterocycles. The number of rotatable bonds is 1. The van der Waals surface area contributed by atoms with Gasteiger partial charge in [0.15, 0.2) is 11.5 Å². The van der Waals surface area contributed by atoms with Crippen molar-refractivity contribution in [3.05, 3.63) is 21.7 Å². The third kappa shape index (κ3) is 2.05. The maximum absolute atomic E-state index is 5.99. The predicted octanol–water partition coefficient (Wildman–Crippen LogP) is 3.55. The van der Waals surface area contributed by atoms with E-state index in [1.807, 2.05) is 7.05 Å². The molecule has 1 aromatic carbocycles. The van der Waals surface area contributed by atoms with Crippen LogP contribution in [0.2, 0.25) is 0 Å². The van der Waals surface area contributed by atoms with Gasteiger partial charge in [-0.25, -0.2) is 0 Å². The van der Waals surface area contributed by atoms with Crippen LogP contribution in [0.1, 0.15) is 43.9 Å². The van der Waals surface area contributed by atoms with Crippen molar-refractivity contribution in [3.63, 3.8) is 0 Å². The van der Waals surface area contributed by atoms with Gasteiger partial charge in [-0.3, -0.25) is 0 Å². The summed E-state index contributed by atoms with van der Waals surface area (Å²) in [7, 11) is 2.01. The molecule has 4 heteroatoms. The van der Waals surface area contributed by atoms with Gasteiger partial charge in [0.25, 0.3) is 0 Å². The van der Waals surface area contributed by atoms with E-state index in [0.29, 0.717) is 6.04 Å². The lowest BCUT2D eigenvalue weighted by atomic mass is 9.86. The van der Waals surface area contributed by atoms with E-state index in [0.717, 1.165) is 42.0 Å². The molecule has 1 N–H and O–H groups in total. The smallest absolute Gasteiger partial charge is 0.166 e. The number of fused-ring (bicyclic) bond motifs is 3. The summed E-state index contributed by atoms with van der Waals surface area (Å²) in [6.07, 6.45) is 2.02. The van der Waals surface area contributed by atoms with E-state index in [4.69, 9.17) is 9.47 Å². The highest BCUT2D eigenvalue weighted by Gasteiger charge is 2.41. The van der Waals surface area contributed by atoms with Crippen LogP contribution in [-0.2, 0) is 5.41 Å². The third-order valence-electron chi connectivity index (χ3n) is 4.12. The SMILES string of the molecule is CNC1CC(C)(C)c2c(Br)cc3c(c21)OCCCO3. The van der Waals surface area contributed by atoms with E-state index in [2.05, 4.69) is 41.2 Å². The molecule has 2 aliphatic rings. The minimum atomic E-state index is 0.145. The van der Waals surface area contributed by atoms with Gasteiger partial charge in [0, 0.05) is 22.5 Å². The highest BCUT2D eigenvalue weighted by Crippen LogP contribution is 2.54. The van der Waals surface area contributed by atoms with Crippen LogP contribution in [0.3, 0.4) is 0 Å². The average molecular weight is 326 g/mol. The van der Waals surface area contributed by atoms with E-state index in [1.54, 1.807) is 0 Å². The van der Waals surface area contributed by atoms with Gasteiger partial charge >= 0.3 is 0 Å². The van der Waals surface area contributed by atoms with Gasteiger partial charge in [0.1, 0.15) is 0 Å². The van der Waals surface area contributed by atoms with Gasteiger partial charge in [-0.1, -0.05) is 29.8 Å². The molecular weight excluding hydrogens is 306 g/mol. The first-order valence-corrected chi connectivity index (χ1v) is 7.63. The molecule has 1 unspecified atom stereocenters. The Labute approximate surface area is 122 Å². The van der Waals surface area contributed by atoms with Crippen molar-refractivity contribution in [1.29, 1.82) is 0 Å². The van der Waals surface area contributed by atoms with E-state index in [1.165, 1.54) is 11.1 Å². The van der Waals surface area contributed by atoms with Gasteiger partial charge in [0.2, 0.25) is 0 Å². The maximum atomic E-state index is 5.99. The summed E-state index contributed by atoms with van der Waals surface area (Å²) in [6, 6.07) is 2.40. The molecule has 3 rings (SSSR count). The second-order valence-electron chi connectivity index (χ2n) is 5.95. The van der Waals surface area contributed by atoms with Crippen molar-refractivity contribution in [2.75, 3.05) is 20.3 Å². The molecule has 1 aromatic rings. The zero-order valence-electron chi connectivity index (χ0n) is 11.7. The zero-order valence-corrected chi connectivity index (χ0v) is 13.3. The third-order valence-corrected chi connectivity index (χ3v) is 4.74. The minimum Gasteiger partial charge on any atom is -0.490 e.